The first-order valence-corrected chi connectivity index (χ1v) is 5.80. The Balaban J connectivity index is 3.54. The van der Waals surface area contributed by atoms with Gasteiger partial charge in [0.1, 0.15) is 0 Å². The van der Waals surface area contributed by atoms with Gasteiger partial charge in [-0.15, -0.1) is 0 Å². The number of benzene rings is 1. The Hall–Kier alpha value is -1.03. The summed E-state index contributed by atoms with van der Waals surface area (Å²) < 4.78 is 11.3. The van der Waals surface area contributed by atoms with Gasteiger partial charge in [0.25, 0.3) is 0 Å². The molecule has 0 aliphatic rings. The van der Waals surface area contributed by atoms with Crippen LogP contribution in [0.25, 0.3) is 0 Å². The number of ether oxygens (including phenoxy) is 2. The van der Waals surface area contributed by atoms with Crippen LogP contribution in [0.15, 0.2) is 10.5 Å². The SMILES string of the molecule is CCc1c(C(C)=O)cc(OC)c(OC)c1Br. The highest BCUT2D eigenvalue weighted by Gasteiger charge is 2.18. The summed E-state index contributed by atoms with van der Waals surface area (Å²) in [5, 5.41) is 0. The molecule has 0 heterocycles. The number of ketones is 1. The quantitative estimate of drug-likeness (QED) is 0.797. The summed E-state index contributed by atoms with van der Waals surface area (Å²) in [6.07, 6.45) is 0.760. The van der Waals surface area contributed by atoms with Crippen molar-refractivity contribution in [1.29, 1.82) is 0 Å². The number of hydrogen-bond acceptors (Lipinski definition) is 3. The van der Waals surface area contributed by atoms with E-state index in [0.717, 1.165) is 16.5 Å². The summed E-state index contributed by atoms with van der Waals surface area (Å²) in [6, 6.07) is 1.73. The highest BCUT2D eigenvalue weighted by Crippen LogP contribution is 2.40. The first-order chi connectivity index (χ1) is 7.56. The van der Waals surface area contributed by atoms with Crippen LogP contribution in [-0.4, -0.2) is 20.0 Å². The topological polar surface area (TPSA) is 35.5 Å². The Kier molecular flexibility index (Phi) is 4.35. The largest absolute Gasteiger partial charge is 0.493 e. The average molecular weight is 287 g/mol. The van der Waals surface area contributed by atoms with Gasteiger partial charge in [0.2, 0.25) is 0 Å². The molecule has 0 N–H and O–H groups in total. The Labute approximate surface area is 104 Å². The normalized spacial score (nSPS) is 10.1. The lowest BCUT2D eigenvalue weighted by Crippen LogP contribution is -2.03. The number of carbonyl (C=O) groups is 1. The number of rotatable bonds is 4. The highest BCUT2D eigenvalue weighted by atomic mass is 79.9. The minimum atomic E-state index is 0.0264. The smallest absolute Gasteiger partial charge is 0.175 e. The van der Waals surface area contributed by atoms with Gasteiger partial charge in [-0.05, 0) is 40.9 Å². The average Bonchev–Trinajstić information content (AvgIpc) is 2.27. The van der Waals surface area contributed by atoms with Crippen molar-refractivity contribution in [1.82, 2.24) is 0 Å². The lowest BCUT2D eigenvalue weighted by atomic mass is 10.0. The molecule has 16 heavy (non-hydrogen) atoms. The maximum absolute atomic E-state index is 11.5. The van der Waals surface area contributed by atoms with Crippen LogP contribution in [0.3, 0.4) is 0 Å². The van der Waals surface area contributed by atoms with Crippen LogP contribution in [0.5, 0.6) is 11.5 Å². The first kappa shape index (κ1) is 13.0. The van der Waals surface area contributed by atoms with Crippen molar-refractivity contribution >= 4 is 21.7 Å². The molecule has 0 aliphatic carbocycles. The van der Waals surface area contributed by atoms with Gasteiger partial charge in [-0.3, -0.25) is 4.79 Å². The van der Waals surface area contributed by atoms with Gasteiger partial charge in [-0.25, -0.2) is 0 Å². The van der Waals surface area contributed by atoms with Crippen molar-refractivity contribution in [2.24, 2.45) is 0 Å². The summed E-state index contributed by atoms with van der Waals surface area (Å²) in [7, 11) is 3.13. The predicted molar refractivity (Wildman–Crippen MR) is 66.6 cm³/mol. The molecular weight excluding hydrogens is 272 g/mol. The van der Waals surface area contributed by atoms with Crippen LogP contribution in [0.4, 0.5) is 0 Å². The third kappa shape index (κ3) is 2.21. The molecule has 3 nitrogen and oxygen atoms in total. The van der Waals surface area contributed by atoms with E-state index in [0.29, 0.717) is 17.1 Å². The second-order valence-electron chi connectivity index (χ2n) is 3.36. The molecule has 1 rings (SSSR count). The van der Waals surface area contributed by atoms with Crippen LogP contribution in [0.2, 0.25) is 0 Å². The lowest BCUT2D eigenvalue weighted by molar-refractivity contribution is 0.101. The van der Waals surface area contributed by atoms with Gasteiger partial charge in [0.15, 0.2) is 17.3 Å². The minimum absolute atomic E-state index is 0.0264. The summed E-state index contributed by atoms with van der Waals surface area (Å²) in [5.74, 6) is 1.22. The molecule has 0 amide bonds. The van der Waals surface area contributed by atoms with E-state index < -0.39 is 0 Å². The molecule has 0 aromatic heterocycles. The molecule has 1 aromatic carbocycles. The van der Waals surface area contributed by atoms with Gasteiger partial charge in [0.05, 0.1) is 18.7 Å². The summed E-state index contributed by atoms with van der Waals surface area (Å²) in [5.41, 5.74) is 1.62. The second-order valence-corrected chi connectivity index (χ2v) is 4.15. The molecule has 0 saturated heterocycles. The van der Waals surface area contributed by atoms with Gasteiger partial charge >= 0.3 is 0 Å². The third-order valence-electron chi connectivity index (χ3n) is 2.45. The zero-order chi connectivity index (χ0) is 12.3. The van der Waals surface area contributed by atoms with Crippen molar-refractivity contribution in [2.45, 2.75) is 20.3 Å². The Morgan fingerprint density at radius 2 is 2.00 bits per heavy atom. The van der Waals surface area contributed by atoms with Crippen molar-refractivity contribution < 1.29 is 14.3 Å². The molecule has 0 unspecified atom stereocenters. The number of methoxy groups -OCH3 is 2. The minimum Gasteiger partial charge on any atom is -0.493 e. The van der Waals surface area contributed by atoms with Crippen molar-refractivity contribution in [3.63, 3.8) is 0 Å². The zero-order valence-electron chi connectivity index (χ0n) is 9.89. The zero-order valence-corrected chi connectivity index (χ0v) is 11.5. The molecule has 0 atom stereocenters. The molecule has 0 bridgehead atoms. The van der Waals surface area contributed by atoms with Crippen molar-refractivity contribution in [2.75, 3.05) is 14.2 Å². The molecule has 88 valence electrons. The molecule has 1 aromatic rings. The van der Waals surface area contributed by atoms with E-state index in [1.165, 1.54) is 0 Å². The first-order valence-electron chi connectivity index (χ1n) is 5.01. The third-order valence-corrected chi connectivity index (χ3v) is 3.28. The molecule has 0 fully saturated rings. The van der Waals surface area contributed by atoms with E-state index >= 15 is 0 Å². The van der Waals surface area contributed by atoms with E-state index in [9.17, 15) is 4.79 Å². The molecule has 0 radical (unpaired) electrons. The molecule has 0 aliphatic heterocycles. The van der Waals surface area contributed by atoms with E-state index in [4.69, 9.17) is 9.47 Å². The second kappa shape index (κ2) is 5.34. The monoisotopic (exact) mass is 286 g/mol. The standard InChI is InChI=1S/C12H15BrO3/c1-5-8-9(7(2)14)6-10(15-3)12(16-4)11(8)13/h6H,5H2,1-4H3. The highest BCUT2D eigenvalue weighted by molar-refractivity contribution is 9.10. The van der Waals surface area contributed by atoms with Gasteiger partial charge in [-0.2, -0.15) is 0 Å². The van der Waals surface area contributed by atoms with Gasteiger partial charge in [0, 0.05) is 5.56 Å². The molecule has 0 spiro atoms. The number of halogens is 1. The molecule has 4 heteroatoms. The fourth-order valence-corrected chi connectivity index (χ4v) is 2.50. The maximum atomic E-state index is 11.5. The van der Waals surface area contributed by atoms with Gasteiger partial charge in [-0.1, -0.05) is 6.92 Å². The maximum Gasteiger partial charge on any atom is 0.175 e. The van der Waals surface area contributed by atoms with Crippen LogP contribution in [0, 0.1) is 0 Å². The fraction of sp³-hybridized carbons (Fsp3) is 0.417. The Bertz CT molecular complexity index is 413. The lowest BCUT2D eigenvalue weighted by Gasteiger charge is -2.15. The number of hydrogen-bond donors (Lipinski definition) is 0. The predicted octanol–water partition coefficient (Wildman–Crippen LogP) is 3.23. The van der Waals surface area contributed by atoms with Crippen molar-refractivity contribution in [3.05, 3.63) is 21.7 Å². The van der Waals surface area contributed by atoms with Crippen LogP contribution in [-0.2, 0) is 6.42 Å². The number of carbonyl (C=O) groups excluding carboxylic acids is 1. The Morgan fingerprint density at radius 1 is 1.38 bits per heavy atom. The van der Waals surface area contributed by atoms with Crippen molar-refractivity contribution in [3.8, 4) is 11.5 Å². The van der Waals surface area contributed by atoms with E-state index in [2.05, 4.69) is 15.9 Å². The van der Waals surface area contributed by atoms with Crippen LogP contribution < -0.4 is 9.47 Å². The summed E-state index contributed by atoms with van der Waals surface area (Å²) in [6.45, 7) is 3.55. The summed E-state index contributed by atoms with van der Waals surface area (Å²) >= 11 is 3.46. The summed E-state index contributed by atoms with van der Waals surface area (Å²) in [4.78, 5) is 11.5. The van der Waals surface area contributed by atoms with E-state index in [1.807, 2.05) is 6.92 Å². The molecular formula is C12H15BrO3. The Morgan fingerprint density at radius 3 is 2.38 bits per heavy atom. The molecule has 0 saturated carbocycles. The van der Waals surface area contributed by atoms with Gasteiger partial charge < -0.3 is 9.47 Å². The van der Waals surface area contributed by atoms with E-state index in [-0.39, 0.29) is 5.78 Å². The fourth-order valence-electron chi connectivity index (χ4n) is 1.65. The number of Topliss-reactive ketones (excluding diaryl/α,β-unsaturated/α-hetero) is 1. The van der Waals surface area contributed by atoms with E-state index in [1.54, 1.807) is 27.2 Å². The van der Waals surface area contributed by atoms with Crippen LogP contribution >= 0.6 is 15.9 Å². The van der Waals surface area contributed by atoms with Crippen LogP contribution in [0.1, 0.15) is 29.8 Å².